The highest BCUT2D eigenvalue weighted by Gasteiger charge is 2.13. The van der Waals surface area contributed by atoms with Gasteiger partial charge in [0.2, 0.25) is 5.82 Å². The number of halogens is 1. The molecule has 16 heavy (non-hydrogen) atoms. The molecular weight excluding hydrogens is 211 g/mol. The zero-order valence-electron chi connectivity index (χ0n) is 8.94. The first kappa shape index (κ1) is 10.8. The van der Waals surface area contributed by atoms with Gasteiger partial charge in [-0.2, -0.15) is 4.98 Å². The van der Waals surface area contributed by atoms with Crippen LogP contribution in [0.2, 0.25) is 0 Å². The van der Waals surface area contributed by atoms with Crippen molar-refractivity contribution >= 4 is 0 Å². The molecule has 0 aliphatic heterocycles. The van der Waals surface area contributed by atoms with E-state index in [1.165, 1.54) is 19.1 Å². The van der Waals surface area contributed by atoms with E-state index in [1.54, 1.807) is 13.0 Å². The maximum Gasteiger partial charge on any atom is 0.255 e. The maximum atomic E-state index is 13.1. The summed E-state index contributed by atoms with van der Waals surface area (Å²) in [7, 11) is 0. The second-order valence-electron chi connectivity index (χ2n) is 3.65. The molecule has 1 atom stereocenters. The normalized spacial score (nSPS) is 12.8. The van der Waals surface area contributed by atoms with Crippen LogP contribution in [0.3, 0.4) is 0 Å². The smallest absolute Gasteiger partial charge is 0.255 e. The zero-order chi connectivity index (χ0) is 11.7. The van der Waals surface area contributed by atoms with Crippen LogP contribution in [0.5, 0.6) is 0 Å². The van der Waals surface area contributed by atoms with Crippen molar-refractivity contribution in [2.45, 2.75) is 20.0 Å². The average molecular weight is 222 g/mol. The van der Waals surface area contributed by atoms with E-state index in [0.29, 0.717) is 5.56 Å². The Morgan fingerprint density at radius 2 is 2.12 bits per heavy atom. The fraction of sp³-hybridized carbons (Fsp3) is 0.273. The second kappa shape index (κ2) is 4.02. The molecule has 1 N–H and O–H groups in total. The Morgan fingerprint density at radius 1 is 1.38 bits per heavy atom. The molecule has 0 amide bonds. The SMILES string of the molecule is Cc1cc(F)cc(-c2noc([C@H](C)O)n2)c1. The van der Waals surface area contributed by atoms with E-state index < -0.39 is 6.10 Å². The van der Waals surface area contributed by atoms with Crippen molar-refractivity contribution in [1.82, 2.24) is 10.1 Å². The number of nitrogens with zero attached hydrogens (tertiary/aromatic N) is 2. The molecule has 1 heterocycles. The summed E-state index contributed by atoms with van der Waals surface area (Å²) in [6.45, 7) is 3.30. The second-order valence-corrected chi connectivity index (χ2v) is 3.65. The summed E-state index contributed by atoms with van der Waals surface area (Å²) < 4.78 is 18.0. The molecule has 0 radical (unpaired) electrons. The lowest BCUT2D eigenvalue weighted by Crippen LogP contribution is -1.91. The molecule has 1 aromatic heterocycles. The Balaban J connectivity index is 2.42. The summed E-state index contributed by atoms with van der Waals surface area (Å²) in [5.41, 5.74) is 1.31. The fourth-order valence-corrected chi connectivity index (χ4v) is 1.39. The van der Waals surface area contributed by atoms with Crippen molar-refractivity contribution < 1.29 is 14.0 Å². The van der Waals surface area contributed by atoms with E-state index >= 15 is 0 Å². The molecule has 0 saturated carbocycles. The van der Waals surface area contributed by atoms with Gasteiger partial charge in [0.25, 0.3) is 5.89 Å². The van der Waals surface area contributed by atoms with Gasteiger partial charge in [-0.1, -0.05) is 5.16 Å². The molecule has 2 aromatic rings. The molecule has 5 heteroatoms. The van der Waals surface area contributed by atoms with Crippen LogP contribution in [0, 0.1) is 12.7 Å². The van der Waals surface area contributed by atoms with Crippen molar-refractivity contribution in [2.75, 3.05) is 0 Å². The summed E-state index contributed by atoms with van der Waals surface area (Å²) in [5, 5.41) is 12.9. The Labute approximate surface area is 91.7 Å². The maximum absolute atomic E-state index is 13.1. The van der Waals surface area contributed by atoms with E-state index in [1.807, 2.05) is 0 Å². The average Bonchev–Trinajstić information content (AvgIpc) is 2.64. The number of hydrogen-bond acceptors (Lipinski definition) is 4. The summed E-state index contributed by atoms with van der Waals surface area (Å²) in [4.78, 5) is 3.97. The van der Waals surface area contributed by atoms with Crippen molar-refractivity contribution in [1.29, 1.82) is 0 Å². The monoisotopic (exact) mass is 222 g/mol. The summed E-state index contributed by atoms with van der Waals surface area (Å²) in [5.74, 6) is 0.0498. The lowest BCUT2D eigenvalue weighted by Gasteiger charge is -1.97. The molecule has 2 rings (SSSR count). The molecule has 4 nitrogen and oxygen atoms in total. The van der Waals surface area contributed by atoms with Crippen LogP contribution in [-0.4, -0.2) is 15.2 Å². The minimum atomic E-state index is -0.823. The Kier molecular flexibility index (Phi) is 2.70. The minimum absolute atomic E-state index is 0.122. The van der Waals surface area contributed by atoms with E-state index in [0.717, 1.165) is 5.56 Å². The van der Waals surface area contributed by atoms with Gasteiger partial charge in [-0.3, -0.25) is 0 Å². The van der Waals surface area contributed by atoms with Crippen LogP contribution in [0.4, 0.5) is 4.39 Å². The predicted molar refractivity (Wildman–Crippen MR) is 55.1 cm³/mol. The molecule has 0 unspecified atom stereocenters. The highest BCUT2D eigenvalue weighted by atomic mass is 19.1. The first-order valence-corrected chi connectivity index (χ1v) is 4.85. The minimum Gasteiger partial charge on any atom is -0.384 e. The molecule has 0 saturated heterocycles. The van der Waals surface area contributed by atoms with Gasteiger partial charge in [-0.05, 0) is 37.6 Å². The van der Waals surface area contributed by atoms with Crippen molar-refractivity contribution in [3.63, 3.8) is 0 Å². The zero-order valence-corrected chi connectivity index (χ0v) is 8.94. The third-order valence-electron chi connectivity index (χ3n) is 2.10. The van der Waals surface area contributed by atoms with E-state index in [-0.39, 0.29) is 17.5 Å². The highest BCUT2D eigenvalue weighted by Crippen LogP contribution is 2.20. The van der Waals surface area contributed by atoms with Crippen LogP contribution in [0.1, 0.15) is 24.5 Å². The first-order valence-electron chi connectivity index (χ1n) is 4.85. The largest absolute Gasteiger partial charge is 0.384 e. The van der Waals surface area contributed by atoms with Gasteiger partial charge in [0, 0.05) is 5.56 Å². The van der Waals surface area contributed by atoms with Crippen molar-refractivity contribution in [3.8, 4) is 11.4 Å². The standard InChI is InChI=1S/C11H11FN2O2/c1-6-3-8(5-9(12)4-6)10-13-11(7(2)15)16-14-10/h3-5,7,15H,1-2H3/t7-/m0/s1. The van der Waals surface area contributed by atoms with Gasteiger partial charge in [0.15, 0.2) is 0 Å². The first-order chi connectivity index (χ1) is 7.56. The van der Waals surface area contributed by atoms with Gasteiger partial charge in [-0.15, -0.1) is 0 Å². The highest BCUT2D eigenvalue weighted by molar-refractivity contribution is 5.55. The molecule has 0 spiro atoms. The number of aromatic nitrogens is 2. The Bertz CT molecular complexity index is 488. The predicted octanol–water partition coefficient (Wildman–Crippen LogP) is 2.24. The number of aliphatic hydroxyl groups excluding tert-OH is 1. The summed E-state index contributed by atoms with van der Waals surface area (Å²) in [6.07, 6.45) is -0.823. The molecule has 0 bridgehead atoms. The van der Waals surface area contributed by atoms with Crippen LogP contribution in [0.15, 0.2) is 22.7 Å². The molecule has 0 aliphatic carbocycles. The topological polar surface area (TPSA) is 59.2 Å². The molecule has 1 aromatic carbocycles. The van der Waals surface area contributed by atoms with E-state index in [2.05, 4.69) is 10.1 Å². The van der Waals surface area contributed by atoms with Gasteiger partial charge >= 0.3 is 0 Å². The van der Waals surface area contributed by atoms with Gasteiger partial charge in [-0.25, -0.2) is 4.39 Å². The van der Waals surface area contributed by atoms with Crippen LogP contribution in [-0.2, 0) is 0 Å². The third-order valence-corrected chi connectivity index (χ3v) is 2.10. The number of aliphatic hydroxyl groups is 1. The van der Waals surface area contributed by atoms with Crippen LogP contribution >= 0.6 is 0 Å². The van der Waals surface area contributed by atoms with Gasteiger partial charge < -0.3 is 9.63 Å². The molecule has 84 valence electrons. The fourth-order valence-electron chi connectivity index (χ4n) is 1.39. The molecular formula is C11H11FN2O2. The Morgan fingerprint density at radius 3 is 2.69 bits per heavy atom. The van der Waals surface area contributed by atoms with E-state index in [4.69, 9.17) is 4.52 Å². The summed E-state index contributed by atoms with van der Waals surface area (Å²) >= 11 is 0. The number of hydrogen-bond donors (Lipinski definition) is 1. The van der Waals surface area contributed by atoms with Crippen LogP contribution in [0.25, 0.3) is 11.4 Å². The molecule has 0 aliphatic rings. The van der Waals surface area contributed by atoms with Crippen molar-refractivity contribution in [2.24, 2.45) is 0 Å². The number of aryl methyl sites for hydroxylation is 1. The lowest BCUT2D eigenvalue weighted by atomic mass is 10.1. The van der Waals surface area contributed by atoms with Crippen LogP contribution < -0.4 is 0 Å². The number of benzene rings is 1. The Hall–Kier alpha value is -1.75. The number of rotatable bonds is 2. The molecule has 0 fully saturated rings. The van der Waals surface area contributed by atoms with Crippen molar-refractivity contribution in [3.05, 3.63) is 35.5 Å². The lowest BCUT2D eigenvalue weighted by molar-refractivity contribution is 0.152. The summed E-state index contributed by atoms with van der Waals surface area (Å²) in [6, 6.07) is 4.49. The quantitative estimate of drug-likeness (QED) is 0.846. The third kappa shape index (κ3) is 2.09. The van der Waals surface area contributed by atoms with Gasteiger partial charge in [0.1, 0.15) is 11.9 Å². The van der Waals surface area contributed by atoms with Gasteiger partial charge in [0.05, 0.1) is 0 Å². The van der Waals surface area contributed by atoms with E-state index in [9.17, 15) is 9.50 Å².